The zero-order chi connectivity index (χ0) is 8.43. The van der Waals surface area contributed by atoms with E-state index in [1.54, 1.807) is 12.1 Å². The van der Waals surface area contributed by atoms with E-state index in [1.165, 1.54) is 6.07 Å². The average Bonchev–Trinajstić information content (AvgIpc) is 1.94. The minimum atomic E-state index is -0.987. The van der Waals surface area contributed by atoms with E-state index in [0.29, 0.717) is 9.50 Å². The molecule has 1 aromatic carbocycles. The topological polar surface area (TPSA) is 37.3 Å². The van der Waals surface area contributed by atoms with Gasteiger partial charge < -0.3 is 5.11 Å². The first-order chi connectivity index (χ1) is 5.11. The van der Waals surface area contributed by atoms with Gasteiger partial charge in [0.15, 0.2) is 0 Å². The number of hydrogen-bond donors (Lipinski definition) is 1. The molecule has 0 amide bonds. The van der Waals surface area contributed by atoms with Crippen LogP contribution in [0.3, 0.4) is 0 Å². The molecule has 0 fully saturated rings. The third-order valence-electron chi connectivity index (χ3n) is 1.16. The van der Waals surface area contributed by atoms with Gasteiger partial charge in [-0.3, -0.25) is 0 Å². The molecule has 0 unspecified atom stereocenters. The number of halogens is 2. The number of carboxylic acids is 1. The summed E-state index contributed by atoms with van der Waals surface area (Å²) >= 11 is 8.67. The van der Waals surface area contributed by atoms with Gasteiger partial charge in [-0.05, 0) is 34.1 Å². The first kappa shape index (κ1) is 12.5. The molecule has 1 rings (SSSR count). The second-order valence-electron chi connectivity index (χ2n) is 1.93. The van der Waals surface area contributed by atoms with Crippen molar-refractivity contribution in [1.82, 2.24) is 0 Å². The summed E-state index contributed by atoms with van der Waals surface area (Å²) in [6.45, 7) is 0. The Kier molecular flexibility index (Phi) is 5.45. The van der Waals surface area contributed by atoms with Crippen LogP contribution in [0.1, 0.15) is 10.4 Å². The fourth-order valence-corrected chi connectivity index (χ4v) is 1.25. The van der Waals surface area contributed by atoms with E-state index in [9.17, 15) is 4.79 Å². The van der Waals surface area contributed by atoms with Crippen molar-refractivity contribution in [2.24, 2.45) is 0 Å². The summed E-state index contributed by atoms with van der Waals surface area (Å²) in [5.74, 6) is -0.987. The van der Waals surface area contributed by atoms with Crippen molar-refractivity contribution in [3.63, 3.8) is 0 Å². The number of rotatable bonds is 1. The Morgan fingerprint density at radius 1 is 1.50 bits per heavy atom. The zero-order valence-electron chi connectivity index (χ0n) is 5.34. The van der Waals surface area contributed by atoms with Gasteiger partial charge in [-0.2, -0.15) is 0 Å². The van der Waals surface area contributed by atoms with E-state index in [1.807, 2.05) is 0 Å². The molecule has 0 atom stereocenters. The van der Waals surface area contributed by atoms with E-state index < -0.39 is 5.97 Å². The van der Waals surface area contributed by atoms with Crippen LogP contribution in [-0.4, -0.2) is 40.6 Å². The van der Waals surface area contributed by atoms with Crippen LogP contribution >= 0.6 is 27.5 Å². The average molecular weight is 259 g/mol. The Morgan fingerprint density at radius 2 is 2.08 bits per heavy atom. The molecule has 12 heavy (non-hydrogen) atoms. The predicted molar refractivity (Wildman–Crippen MR) is 53.3 cm³/mol. The van der Waals surface area contributed by atoms with E-state index in [2.05, 4.69) is 15.9 Å². The molecule has 0 aliphatic heterocycles. The van der Waals surface area contributed by atoms with Crippen LogP contribution in [-0.2, 0) is 0 Å². The fourth-order valence-electron chi connectivity index (χ4n) is 0.661. The first-order valence-electron chi connectivity index (χ1n) is 2.79. The SMILES string of the molecule is O=C(O)c1cc(Cl)ccc1Br.[NaH]. The van der Waals surface area contributed by atoms with Gasteiger partial charge in [0.2, 0.25) is 0 Å². The van der Waals surface area contributed by atoms with E-state index in [0.717, 1.165) is 0 Å². The van der Waals surface area contributed by atoms with Gasteiger partial charge >= 0.3 is 35.5 Å². The predicted octanol–water partition coefficient (Wildman–Crippen LogP) is 2.15. The quantitative estimate of drug-likeness (QED) is 0.785. The van der Waals surface area contributed by atoms with Crippen LogP contribution in [0.25, 0.3) is 0 Å². The second kappa shape index (κ2) is 5.25. The molecule has 1 N–H and O–H groups in total. The number of carboxylic acid groups (broad SMARTS) is 1. The third kappa shape index (κ3) is 3.07. The van der Waals surface area contributed by atoms with Crippen LogP contribution in [0, 0.1) is 0 Å². The van der Waals surface area contributed by atoms with Crippen molar-refractivity contribution in [2.45, 2.75) is 0 Å². The molecule has 0 bridgehead atoms. The second-order valence-corrected chi connectivity index (χ2v) is 3.22. The van der Waals surface area contributed by atoms with Gasteiger partial charge in [-0.1, -0.05) is 11.6 Å². The summed E-state index contributed by atoms with van der Waals surface area (Å²) in [4.78, 5) is 10.5. The molecule has 0 radical (unpaired) electrons. The molecule has 0 saturated heterocycles. The van der Waals surface area contributed by atoms with Gasteiger partial charge in [0.25, 0.3) is 0 Å². The van der Waals surface area contributed by atoms with Gasteiger partial charge in [0.1, 0.15) is 0 Å². The molecule has 0 aliphatic carbocycles. The summed E-state index contributed by atoms with van der Waals surface area (Å²) in [5, 5.41) is 9.02. The van der Waals surface area contributed by atoms with Crippen molar-refractivity contribution in [1.29, 1.82) is 0 Å². The van der Waals surface area contributed by atoms with Gasteiger partial charge in [0, 0.05) is 9.50 Å². The number of benzene rings is 1. The molecule has 60 valence electrons. The summed E-state index contributed by atoms with van der Waals surface area (Å²) < 4.78 is 0.536. The Bertz CT molecular complexity index is 303. The molecule has 1 aromatic rings. The molecular weight excluding hydrogens is 254 g/mol. The standard InChI is InChI=1S/C7H4BrClO2.Na.H/c8-6-2-1-4(9)3-5(6)7(10)11;;/h1-3H,(H,10,11);;. The van der Waals surface area contributed by atoms with E-state index in [-0.39, 0.29) is 35.1 Å². The van der Waals surface area contributed by atoms with Crippen molar-refractivity contribution < 1.29 is 9.90 Å². The Morgan fingerprint density at radius 3 is 2.50 bits per heavy atom. The third-order valence-corrected chi connectivity index (χ3v) is 2.09. The Labute approximate surface area is 105 Å². The monoisotopic (exact) mass is 258 g/mol. The zero-order valence-corrected chi connectivity index (χ0v) is 7.69. The normalized spacial score (nSPS) is 8.83. The molecule has 5 heteroatoms. The summed E-state index contributed by atoms with van der Waals surface area (Å²) in [7, 11) is 0. The molecule has 0 aliphatic rings. The molecule has 0 heterocycles. The molecule has 0 saturated carbocycles. The Hall–Kier alpha value is 0.460. The van der Waals surface area contributed by atoms with Crippen molar-refractivity contribution >= 4 is 63.1 Å². The van der Waals surface area contributed by atoms with Crippen molar-refractivity contribution in [3.8, 4) is 0 Å². The first-order valence-corrected chi connectivity index (χ1v) is 3.96. The van der Waals surface area contributed by atoms with Crippen LogP contribution in [0.2, 0.25) is 5.02 Å². The molecular formula is C7H5BrClNaO2. The van der Waals surface area contributed by atoms with Crippen LogP contribution in [0.15, 0.2) is 22.7 Å². The van der Waals surface area contributed by atoms with Crippen molar-refractivity contribution in [3.05, 3.63) is 33.3 Å². The molecule has 0 spiro atoms. The van der Waals surface area contributed by atoms with Gasteiger partial charge in [-0.15, -0.1) is 0 Å². The maximum atomic E-state index is 10.5. The van der Waals surface area contributed by atoms with Crippen LogP contribution in [0.5, 0.6) is 0 Å². The Balaban J connectivity index is 0.00000121. The van der Waals surface area contributed by atoms with Crippen LogP contribution in [0.4, 0.5) is 0 Å². The summed E-state index contributed by atoms with van der Waals surface area (Å²) in [6, 6.07) is 4.62. The number of carbonyl (C=O) groups is 1. The fraction of sp³-hybridized carbons (Fsp3) is 0. The maximum absolute atomic E-state index is 10.5. The molecule has 2 nitrogen and oxygen atoms in total. The van der Waals surface area contributed by atoms with E-state index in [4.69, 9.17) is 16.7 Å². The summed E-state index contributed by atoms with van der Waals surface area (Å²) in [5.41, 5.74) is 0.178. The minimum absolute atomic E-state index is 0. The number of aromatic carboxylic acids is 1. The van der Waals surface area contributed by atoms with Gasteiger partial charge in [-0.25, -0.2) is 4.79 Å². The van der Waals surface area contributed by atoms with E-state index >= 15 is 0 Å². The van der Waals surface area contributed by atoms with Crippen molar-refractivity contribution in [2.75, 3.05) is 0 Å². The summed E-state index contributed by atoms with van der Waals surface area (Å²) in [6.07, 6.45) is 0. The van der Waals surface area contributed by atoms with Crippen LogP contribution < -0.4 is 0 Å². The van der Waals surface area contributed by atoms with Gasteiger partial charge in [0.05, 0.1) is 5.56 Å². The molecule has 0 aromatic heterocycles. The number of hydrogen-bond acceptors (Lipinski definition) is 1.